The van der Waals surface area contributed by atoms with E-state index < -0.39 is 0 Å². The van der Waals surface area contributed by atoms with Gasteiger partial charge in [-0.05, 0) is 106 Å². The van der Waals surface area contributed by atoms with Gasteiger partial charge in [0.1, 0.15) is 0 Å². The minimum atomic E-state index is 0.902. The summed E-state index contributed by atoms with van der Waals surface area (Å²) in [4.78, 5) is 4.70. The fourth-order valence-corrected chi connectivity index (χ4v) is 10.4. The molecule has 0 radical (unpaired) electrons. The van der Waals surface area contributed by atoms with E-state index in [-0.39, 0.29) is 0 Å². The monoisotopic (exact) mass is 824 g/mol. The van der Waals surface area contributed by atoms with Crippen LogP contribution in [0.4, 0.5) is 0 Å². The molecule has 0 bridgehead atoms. The smallest absolute Gasteiger partial charge is 0.0710 e. The Labute approximate surface area is 368 Å². The number of para-hydroxylation sites is 2. The molecule has 0 aliphatic rings. The van der Waals surface area contributed by atoms with Gasteiger partial charge in [0.25, 0.3) is 0 Å². The van der Waals surface area contributed by atoms with Gasteiger partial charge >= 0.3 is 0 Å². The van der Waals surface area contributed by atoms with E-state index in [1.54, 1.807) is 0 Å². The zero-order valence-corrected chi connectivity index (χ0v) is 35.4. The molecule has 4 nitrogen and oxygen atoms in total. The summed E-state index contributed by atoms with van der Waals surface area (Å²) in [6.45, 7) is 0. The number of nitrogens with zero attached hydrogens (tertiary/aromatic N) is 3. The predicted octanol–water partition coefficient (Wildman–Crippen LogP) is 15.3. The van der Waals surface area contributed by atoms with Crippen LogP contribution in [0.15, 0.2) is 223 Å². The van der Waals surface area contributed by atoms with Crippen molar-refractivity contribution in [2.45, 2.75) is 0 Å². The topological polar surface area (TPSA) is 34.2 Å². The highest BCUT2D eigenvalue weighted by Gasteiger charge is 2.17. The van der Waals surface area contributed by atoms with Gasteiger partial charge in [-0.1, -0.05) is 146 Å². The van der Waals surface area contributed by atoms with Crippen molar-refractivity contribution in [3.63, 3.8) is 0 Å². The molecule has 0 aliphatic heterocycles. The first-order chi connectivity index (χ1) is 31.2. The Hall–Kier alpha value is -7.99. The van der Waals surface area contributed by atoms with Gasteiger partial charge in [0.15, 0.2) is 0 Å². The highest BCUT2D eigenvalue weighted by molar-refractivity contribution is 7.25. The lowest BCUT2D eigenvalue weighted by Crippen LogP contribution is -2.15. The minimum absolute atomic E-state index is 0.902. The van der Waals surface area contributed by atoms with Crippen LogP contribution < -0.4 is 5.43 Å². The Morgan fingerprint density at radius 1 is 0.429 bits per heavy atom. The maximum atomic E-state index is 4.70. The van der Waals surface area contributed by atoms with Crippen LogP contribution in [-0.2, 0) is 0 Å². The standard InChI is InChI=1S/C58H40N4S/c1-59-51(39-14-4-2-5-15-39)37-52(40-16-6-3-7-17-40)60-62-55-22-12-9-19-46(55)49-35-43(27-32-56(49)62)42-26-31-54-48(34-42)45-18-8-11-21-53(45)61(54)44-29-24-38(25-30-44)41-28-33-58-50(36-41)47-20-10-13-23-57(47)63-58/h2-37,60H,1H3/b52-37-,59-51?. The number of aliphatic imine (C=N–C) groups is 1. The fourth-order valence-electron chi connectivity index (χ4n) is 9.35. The Morgan fingerprint density at radius 2 is 0.921 bits per heavy atom. The summed E-state index contributed by atoms with van der Waals surface area (Å²) in [5, 5.41) is 7.49. The summed E-state index contributed by atoms with van der Waals surface area (Å²) in [5.41, 5.74) is 18.4. The zero-order valence-electron chi connectivity index (χ0n) is 34.5. The summed E-state index contributed by atoms with van der Waals surface area (Å²) in [7, 11) is 1.85. The van der Waals surface area contributed by atoms with Crippen LogP contribution >= 0.6 is 11.3 Å². The van der Waals surface area contributed by atoms with Crippen molar-refractivity contribution < 1.29 is 0 Å². The van der Waals surface area contributed by atoms with Crippen LogP contribution in [0.25, 0.3) is 97.4 Å². The summed E-state index contributed by atoms with van der Waals surface area (Å²) in [5.74, 6) is 0. The molecule has 12 rings (SSSR count). The van der Waals surface area contributed by atoms with E-state index in [2.05, 4.69) is 227 Å². The molecule has 0 amide bonds. The number of fused-ring (bicyclic) bond motifs is 9. The van der Waals surface area contributed by atoms with Crippen LogP contribution in [0.2, 0.25) is 0 Å². The predicted molar refractivity (Wildman–Crippen MR) is 270 cm³/mol. The molecule has 0 atom stereocenters. The van der Waals surface area contributed by atoms with Crippen molar-refractivity contribution in [3.05, 3.63) is 230 Å². The SMILES string of the molecule is CN=C(/C=C(\Nn1c2ccccc2c2cc(-c3ccc4c(c3)c3ccccc3n4-c3ccc(-c4ccc5sc6ccccc6c5c4)cc3)ccc21)c1ccccc1)c1ccccc1. The van der Waals surface area contributed by atoms with E-state index in [9.17, 15) is 0 Å². The van der Waals surface area contributed by atoms with Crippen molar-refractivity contribution >= 4 is 86.5 Å². The number of benzene rings is 9. The number of allylic oxidation sites excluding steroid dienone is 1. The molecule has 0 saturated heterocycles. The van der Waals surface area contributed by atoms with Crippen LogP contribution in [-0.4, -0.2) is 22.0 Å². The second-order valence-electron chi connectivity index (χ2n) is 16.0. The quantitative estimate of drug-likeness (QED) is 0.152. The molecule has 5 heteroatoms. The average Bonchev–Trinajstić information content (AvgIpc) is 4.00. The fraction of sp³-hybridized carbons (Fsp3) is 0.0172. The molecule has 1 N–H and O–H groups in total. The lowest BCUT2D eigenvalue weighted by molar-refractivity contribution is 1.06. The van der Waals surface area contributed by atoms with E-state index in [0.717, 1.165) is 39.3 Å². The van der Waals surface area contributed by atoms with Gasteiger partial charge in [-0.2, -0.15) is 0 Å². The van der Waals surface area contributed by atoms with E-state index in [4.69, 9.17) is 4.99 Å². The molecule has 0 spiro atoms. The van der Waals surface area contributed by atoms with E-state index in [0.29, 0.717) is 0 Å². The third-order valence-corrected chi connectivity index (χ3v) is 13.6. The number of nitrogens with one attached hydrogen (secondary N) is 1. The number of aromatic nitrogens is 2. The minimum Gasteiger partial charge on any atom is -0.309 e. The summed E-state index contributed by atoms with van der Waals surface area (Å²) >= 11 is 1.86. The first kappa shape index (κ1) is 36.8. The van der Waals surface area contributed by atoms with Gasteiger partial charge < -0.3 is 4.57 Å². The van der Waals surface area contributed by atoms with Crippen LogP contribution in [0.5, 0.6) is 0 Å². The first-order valence-electron chi connectivity index (χ1n) is 21.3. The molecule has 298 valence electrons. The van der Waals surface area contributed by atoms with E-state index in [1.165, 1.54) is 75.0 Å². The molecule has 63 heavy (non-hydrogen) atoms. The first-order valence-corrected chi connectivity index (χ1v) is 22.2. The molecule has 0 aliphatic carbocycles. The molecule has 9 aromatic carbocycles. The molecule has 0 saturated carbocycles. The normalized spacial score (nSPS) is 12.4. The average molecular weight is 825 g/mol. The van der Waals surface area contributed by atoms with Crippen LogP contribution in [0, 0.1) is 0 Å². The van der Waals surface area contributed by atoms with Gasteiger partial charge in [0, 0.05) is 54.5 Å². The highest BCUT2D eigenvalue weighted by atomic mass is 32.1. The number of hydrogen-bond acceptors (Lipinski definition) is 3. The van der Waals surface area contributed by atoms with E-state index >= 15 is 0 Å². The van der Waals surface area contributed by atoms with E-state index in [1.807, 2.05) is 24.5 Å². The highest BCUT2D eigenvalue weighted by Crippen LogP contribution is 2.39. The molecule has 3 heterocycles. The molecule has 0 fully saturated rings. The van der Waals surface area contributed by atoms with Gasteiger partial charge in [-0.25, -0.2) is 0 Å². The Balaban J connectivity index is 0.928. The van der Waals surface area contributed by atoms with Crippen molar-refractivity contribution in [1.82, 2.24) is 9.24 Å². The maximum Gasteiger partial charge on any atom is 0.0710 e. The summed E-state index contributed by atoms with van der Waals surface area (Å²) < 4.78 is 7.28. The zero-order chi connectivity index (χ0) is 41.9. The van der Waals surface area contributed by atoms with Crippen molar-refractivity contribution in [2.75, 3.05) is 12.5 Å². The van der Waals surface area contributed by atoms with Crippen molar-refractivity contribution in [2.24, 2.45) is 4.99 Å². The Bertz CT molecular complexity index is 3760. The molecule has 12 aromatic rings. The molecule has 0 unspecified atom stereocenters. The maximum absolute atomic E-state index is 4.70. The number of thiophene rings is 1. The molecule has 3 aromatic heterocycles. The Kier molecular flexibility index (Phi) is 8.87. The van der Waals surface area contributed by atoms with Gasteiger partial charge in [-0.3, -0.25) is 15.1 Å². The lowest BCUT2D eigenvalue weighted by Gasteiger charge is -2.16. The largest absolute Gasteiger partial charge is 0.309 e. The molecular weight excluding hydrogens is 785 g/mol. The third kappa shape index (κ3) is 6.32. The van der Waals surface area contributed by atoms with Crippen molar-refractivity contribution in [3.8, 4) is 27.9 Å². The summed E-state index contributed by atoms with van der Waals surface area (Å²) in [6, 6.07) is 76.6. The van der Waals surface area contributed by atoms with Gasteiger partial charge in [-0.15, -0.1) is 11.3 Å². The number of hydrogen-bond donors (Lipinski definition) is 1. The number of rotatable bonds is 8. The molecular formula is C58H40N4S. The third-order valence-electron chi connectivity index (χ3n) is 12.4. The van der Waals surface area contributed by atoms with Gasteiger partial charge in [0.05, 0.1) is 33.5 Å². The second-order valence-corrected chi connectivity index (χ2v) is 17.1. The Morgan fingerprint density at radius 3 is 1.65 bits per heavy atom. The van der Waals surface area contributed by atoms with Crippen molar-refractivity contribution in [1.29, 1.82) is 0 Å². The summed E-state index contributed by atoms with van der Waals surface area (Å²) in [6.07, 6.45) is 2.15. The van der Waals surface area contributed by atoms with Gasteiger partial charge in [0.2, 0.25) is 0 Å². The van der Waals surface area contributed by atoms with Crippen LogP contribution in [0.3, 0.4) is 0 Å². The lowest BCUT2D eigenvalue weighted by atomic mass is 10.0. The second kappa shape index (κ2) is 15.2. The van der Waals surface area contributed by atoms with Crippen LogP contribution in [0.1, 0.15) is 11.1 Å².